The number of aromatic nitrogens is 2. The first kappa shape index (κ1) is 11.3. The Morgan fingerprint density at radius 1 is 1.17 bits per heavy atom. The van der Waals surface area contributed by atoms with E-state index in [4.69, 9.17) is 0 Å². The van der Waals surface area contributed by atoms with E-state index in [0.717, 1.165) is 27.6 Å². The highest BCUT2D eigenvalue weighted by atomic mass is 79.9. The van der Waals surface area contributed by atoms with Crippen LogP contribution in [-0.4, -0.2) is 10.2 Å². The quantitative estimate of drug-likeness (QED) is 0.769. The topological polar surface area (TPSA) is 40.7 Å². The monoisotopic (exact) mass is 301 g/mol. The molecule has 90 valence electrons. The average Bonchev–Trinajstić information content (AvgIpc) is 2.85. The third kappa shape index (κ3) is 2.24. The minimum absolute atomic E-state index is 0.795. The lowest BCUT2D eigenvalue weighted by atomic mass is 10.2. The Morgan fingerprint density at radius 2 is 2.06 bits per heavy atom. The van der Waals surface area contributed by atoms with Crippen LogP contribution in [0.3, 0.4) is 0 Å². The van der Waals surface area contributed by atoms with E-state index in [-0.39, 0.29) is 0 Å². The largest absolute Gasteiger partial charge is 0.380 e. The SMILES string of the molecule is Brc1cccc(CNc2cccc3[nH]ncc23)c1. The predicted molar refractivity (Wildman–Crippen MR) is 77.6 cm³/mol. The van der Waals surface area contributed by atoms with Crippen molar-refractivity contribution in [1.82, 2.24) is 10.2 Å². The second-order valence-corrected chi connectivity index (χ2v) is 5.04. The maximum Gasteiger partial charge on any atom is 0.0671 e. The summed E-state index contributed by atoms with van der Waals surface area (Å²) in [6.07, 6.45) is 1.85. The highest BCUT2D eigenvalue weighted by Crippen LogP contribution is 2.22. The Labute approximate surface area is 113 Å². The van der Waals surface area contributed by atoms with Gasteiger partial charge in [0, 0.05) is 22.1 Å². The van der Waals surface area contributed by atoms with Crippen LogP contribution in [0.25, 0.3) is 10.9 Å². The summed E-state index contributed by atoms with van der Waals surface area (Å²) < 4.78 is 1.10. The number of aromatic amines is 1. The molecule has 3 rings (SSSR count). The molecule has 0 fully saturated rings. The summed E-state index contributed by atoms with van der Waals surface area (Å²) in [5.41, 5.74) is 3.39. The number of nitrogens with zero attached hydrogens (tertiary/aromatic N) is 1. The van der Waals surface area contributed by atoms with Crippen LogP contribution in [0.2, 0.25) is 0 Å². The molecular weight excluding hydrogens is 290 g/mol. The summed E-state index contributed by atoms with van der Waals surface area (Å²) in [6.45, 7) is 0.795. The van der Waals surface area contributed by atoms with Crippen LogP contribution in [0.5, 0.6) is 0 Å². The minimum Gasteiger partial charge on any atom is -0.380 e. The standard InChI is InChI=1S/C14H12BrN3/c15-11-4-1-3-10(7-11)8-16-13-5-2-6-14-12(13)9-17-18-14/h1-7,9,16H,8H2,(H,17,18). The van der Waals surface area contributed by atoms with Gasteiger partial charge in [0.2, 0.25) is 0 Å². The molecule has 0 radical (unpaired) electrons. The van der Waals surface area contributed by atoms with Crippen molar-refractivity contribution in [2.24, 2.45) is 0 Å². The molecule has 2 N–H and O–H groups in total. The number of rotatable bonds is 3. The molecule has 2 aromatic carbocycles. The minimum atomic E-state index is 0.795. The van der Waals surface area contributed by atoms with E-state index in [2.05, 4.69) is 49.6 Å². The van der Waals surface area contributed by atoms with Gasteiger partial charge in [0.25, 0.3) is 0 Å². The lowest BCUT2D eigenvalue weighted by molar-refractivity contribution is 1.12. The van der Waals surface area contributed by atoms with E-state index in [1.54, 1.807) is 0 Å². The molecule has 0 saturated carbocycles. The van der Waals surface area contributed by atoms with Crippen molar-refractivity contribution in [2.45, 2.75) is 6.54 Å². The lowest BCUT2D eigenvalue weighted by Crippen LogP contribution is -1.99. The lowest BCUT2D eigenvalue weighted by Gasteiger charge is -2.07. The van der Waals surface area contributed by atoms with Crippen LogP contribution < -0.4 is 5.32 Å². The molecule has 0 saturated heterocycles. The van der Waals surface area contributed by atoms with Crippen molar-refractivity contribution in [2.75, 3.05) is 5.32 Å². The number of nitrogens with one attached hydrogen (secondary N) is 2. The Balaban J connectivity index is 1.83. The molecule has 0 unspecified atom stereocenters. The Morgan fingerprint density at radius 3 is 2.94 bits per heavy atom. The van der Waals surface area contributed by atoms with E-state index >= 15 is 0 Å². The molecule has 0 bridgehead atoms. The molecule has 0 amide bonds. The van der Waals surface area contributed by atoms with Crippen LogP contribution in [0.1, 0.15) is 5.56 Å². The fourth-order valence-electron chi connectivity index (χ4n) is 1.97. The summed E-state index contributed by atoms with van der Waals surface area (Å²) in [7, 11) is 0. The van der Waals surface area contributed by atoms with Crippen molar-refractivity contribution in [3.8, 4) is 0 Å². The maximum atomic E-state index is 4.06. The molecule has 0 spiro atoms. The molecule has 0 atom stereocenters. The Kier molecular flexibility index (Phi) is 3.02. The first-order valence-corrected chi connectivity index (χ1v) is 6.52. The van der Waals surface area contributed by atoms with Gasteiger partial charge in [-0.15, -0.1) is 0 Å². The summed E-state index contributed by atoms with van der Waals surface area (Å²) in [4.78, 5) is 0. The zero-order valence-corrected chi connectivity index (χ0v) is 11.2. The number of H-pyrrole nitrogens is 1. The van der Waals surface area contributed by atoms with Gasteiger partial charge in [-0.3, -0.25) is 5.10 Å². The Bertz CT molecular complexity index is 675. The molecule has 18 heavy (non-hydrogen) atoms. The number of benzene rings is 2. The molecule has 3 nitrogen and oxygen atoms in total. The fraction of sp³-hybridized carbons (Fsp3) is 0.0714. The smallest absolute Gasteiger partial charge is 0.0671 e. The van der Waals surface area contributed by atoms with E-state index in [0.29, 0.717) is 0 Å². The van der Waals surface area contributed by atoms with Crippen LogP contribution in [-0.2, 0) is 6.54 Å². The third-order valence-electron chi connectivity index (χ3n) is 2.86. The zero-order chi connectivity index (χ0) is 12.4. The number of hydrogen-bond donors (Lipinski definition) is 2. The second kappa shape index (κ2) is 4.82. The molecule has 3 aromatic rings. The van der Waals surface area contributed by atoms with Crippen LogP contribution in [0.15, 0.2) is 53.1 Å². The predicted octanol–water partition coefficient (Wildman–Crippen LogP) is 3.94. The molecule has 4 heteroatoms. The summed E-state index contributed by atoms with van der Waals surface area (Å²) in [5, 5.41) is 11.6. The van der Waals surface area contributed by atoms with E-state index in [1.165, 1.54) is 5.56 Å². The van der Waals surface area contributed by atoms with E-state index in [1.807, 2.05) is 30.5 Å². The van der Waals surface area contributed by atoms with Crippen molar-refractivity contribution in [1.29, 1.82) is 0 Å². The van der Waals surface area contributed by atoms with Crippen molar-refractivity contribution >= 4 is 32.5 Å². The van der Waals surface area contributed by atoms with Gasteiger partial charge in [-0.05, 0) is 29.8 Å². The summed E-state index contributed by atoms with van der Waals surface area (Å²) in [6, 6.07) is 14.4. The zero-order valence-electron chi connectivity index (χ0n) is 9.65. The van der Waals surface area contributed by atoms with Gasteiger partial charge in [0.1, 0.15) is 0 Å². The normalized spacial score (nSPS) is 10.7. The number of anilines is 1. The summed E-state index contributed by atoms with van der Waals surface area (Å²) >= 11 is 3.48. The van der Waals surface area contributed by atoms with Gasteiger partial charge in [0.05, 0.1) is 11.7 Å². The van der Waals surface area contributed by atoms with Crippen molar-refractivity contribution < 1.29 is 0 Å². The number of hydrogen-bond acceptors (Lipinski definition) is 2. The first-order valence-electron chi connectivity index (χ1n) is 5.73. The van der Waals surface area contributed by atoms with Gasteiger partial charge in [0.15, 0.2) is 0 Å². The first-order chi connectivity index (χ1) is 8.83. The van der Waals surface area contributed by atoms with Gasteiger partial charge < -0.3 is 5.32 Å². The summed E-state index contributed by atoms with van der Waals surface area (Å²) in [5.74, 6) is 0. The fourth-order valence-corrected chi connectivity index (χ4v) is 2.41. The van der Waals surface area contributed by atoms with E-state index < -0.39 is 0 Å². The molecule has 1 aromatic heterocycles. The number of halogens is 1. The molecule has 0 aliphatic carbocycles. The van der Waals surface area contributed by atoms with Gasteiger partial charge in [-0.2, -0.15) is 5.10 Å². The van der Waals surface area contributed by atoms with Gasteiger partial charge in [-0.1, -0.05) is 34.1 Å². The second-order valence-electron chi connectivity index (χ2n) is 4.12. The van der Waals surface area contributed by atoms with Crippen LogP contribution in [0.4, 0.5) is 5.69 Å². The highest BCUT2D eigenvalue weighted by molar-refractivity contribution is 9.10. The van der Waals surface area contributed by atoms with Crippen LogP contribution in [0, 0.1) is 0 Å². The Hall–Kier alpha value is -1.81. The number of fused-ring (bicyclic) bond motifs is 1. The molecule has 0 aliphatic rings. The van der Waals surface area contributed by atoms with E-state index in [9.17, 15) is 0 Å². The maximum absolute atomic E-state index is 4.06. The van der Waals surface area contributed by atoms with Crippen molar-refractivity contribution in [3.05, 3.63) is 58.7 Å². The van der Waals surface area contributed by atoms with Crippen molar-refractivity contribution in [3.63, 3.8) is 0 Å². The molecular formula is C14H12BrN3. The molecule has 0 aliphatic heterocycles. The van der Waals surface area contributed by atoms with Crippen LogP contribution >= 0.6 is 15.9 Å². The van der Waals surface area contributed by atoms with Gasteiger partial charge >= 0.3 is 0 Å². The third-order valence-corrected chi connectivity index (χ3v) is 3.35. The molecule has 1 heterocycles. The highest BCUT2D eigenvalue weighted by Gasteiger charge is 2.02. The average molecular weight is 302 g/mol. The van der Waals surface area contributed by atoms with Gasteiger partial charge in [-0.25, -0.2) is 0 Å².